The first kappa shape index (κ1) is 22.4. The first-order chi connectivity index (χ1) is 19.8. The molecule has 0 aliphatic rings. The summed E-state index contributed by atoms with van der Waals surface area (Å²) in [7, 11) is 0. The SMILES string of the molecule is c1ccc(-c2ccc3c(c2)c2cc(-c4ccccc4)ccc2n3-c2ccc(-c3nc4cnccc4o3)nc2)cc1. The Kier molecular flexibility index (Phi) is 5.07. The van der Waals surface area contributed by atoms with Crippen molar-refractivity contribution in [1.82, 2.24) is 19.5 Å². The lowest BCUT2D eigenvalue weighted by atomic mass is 10.0. The van der Waals surface area contributed by atoms with Gasteiger partial charge >= 0.3 is 0 Å². The number of pyridine rings is 2. The summed E-state index contributed by atoms with van der Waals surface area (Å²) in [6.45, 7) is 0. The highest BCUT2D eigenvalue weighted by Gasteiger charge is 2.16. The van der Waals surface area contributed by atoms with E-state index in [0.717, 1.165) is 16.7 Å². The molecule has 0 fully saturated rings. The van der Waals surface area contributed by atoms with Crippen molar-refractivity contribution in [1.29, 1.82) is 0 Å². The largest absolute Gasteiger partial charge is 0.435 e. The number of aromatic nitrogens is 4. The number of hydrogen-bond donors (Lipinski definition) is 0. The summed E-state index contributed by atoms with van der Waals surface area (Å²) in [5, 5.41) is 2.40. The van der Waals surface area contributed by atoms with Gasteiger partial charge in [0.05, 0.1) is 29.1 Å². The molecule has 0 amide bonds. The van der Waals surface area contributed by atoms with Crippen molar-refractivity contribution >= 4 is 32.9 Å². The third kappa shape index (κ3) is 3.68. The van der Waals surface area contributed by atoms with Crippen molar-refractivity contribution in [2.24, 2.45) is 0 Å². The van der Waals surface area contributed by atoms with E-state index in [9.17, 15) is 0 Å². The van der Waals surface area contributed by atoms with E-state index >= 15 is 0 Å². The molecule has 40 heavy (non-hydrogen) atoms. The van der Waals surface area contributed by atoms with E-state index in [-0.39, 0.29) is 0 Å². The minimum Gasteiger partial charge on any atom is -0.435 e. The molecule has 188 valence electrons. The van der Waals surface area contributed by atoms with E-state index in [4.69, 9.17) is 9.40 Å². The van der Waals surface area contributed by atoms with E-state index in [1.54, 1.807) is 12.4 Å². The van der Waals surface area contributed by atoms with Crippen molar-refractivity contribution in [3.8, 4) is 39.5 Å². The van der Waals surface area contributed by atoms with Gasteiger partial charge in [-0.05, 0) is 58.7 Å². The predicted octanol–water partition coefficient (Wildman–Crippen LogP) is 8.72. The van der Waals surface area contributed by atoms with Crippen LogP contribution in [-0.4, -0.2) is 19.5 Å². The number of oxazole rings is 1. The average Bonchev–Trinajstić information content (AvgIpc) is 3.61. The molecule has 0 saturated heterocycles. The van der Waals surface area contributed by atoms with Crippen molar-refractivity contribution in [3.05, 3.63) is 134 Å². The zero-order chi connectivity index (χ0) is 26.5. The van der Waals surface area contributed by atoms with E-state index < -0.39 is 0 Å². The molecule has 0 spiro atoms. The van der Waals surface area contributed by atoms with Crippen LogP contribution in [0.5, 0.6) is 0 Å². The van der Waals surface area contributed by atoms with Crippen LogP contribution >= 0.6 is 0 Å². The smallest absolute Gasteiger partial charge is 0.246 e. The maximum Gasteiger partial charge on any atom is 0.246 e. The molecule has 8 rings (SSSR count). The minimum atomic E-state index is 0.483. The van der Waals surface area contributed by atoms with E-state index in [1.807, 2.05) is 18.3 Å². The van der Waals surface area contributed by atoms with Gasteiger partial charge in [-0.15, -0.1) is 0 Å². The Balaban J connectivity index is 1.31. The molecule has 5 nitrogen and oxygen atoms in total. The van der Waals surface area contributed by atoms with Crippen LogP contribution in [0.4, 0.5) is 0 Å². The third-order valence-electron chi connectivity index (χ3n) is 7.39. The van der Waals surface area contributed by atoms with Crippen molar-refractivity contribution < 1.29 is 4.42 Å². The van der Waals surface area contributed by atoms with Gasteiger partial charge in [0.25, 0.3) is 0 Å². The molecule has 0 N–H and O–H groups in total. The topological polar surface area (TPSA) is 56.7 Å². The molecule has 4 aromatic heterocycles. The van der Waals surface area contributed by atoms with Crippen molar-refractivity contribution in [3.63, 3.8) is 0 Å². The number of fused-ring (bicyclic) bond motifs is 4. The fraction of sp³-hybridized carbons (Fsp3) is 0. The van der Waals surface area contributed by atoms with Crippen LogP contribution in [0.25, 0.3) is 72.4 Å². The summed E-state index contributed by atoms with van der Waals surface area (Å²) < 4.78 is 8.19. The fourth-order valence-corrected chi connectivity index (χ4v) is 5.46. The first-order valence-electron chi connectivity index (χ1n) is 13.2. The normalized spacial score (nSPS) is 11.5. The van der Waals surface area contributed by atoms with Crippen LogP contribution in [0.2, 0.25) is 0 Å². The zero-order valence-corrected chi connectivity index (χ0v) is 21.4. The minimum absolute atomic E-state index is 0.483. The van der Waals surface area contributed by atoms with Gasteiger partial charge < -0.3 is 8.98 Å². The summed E-state index contributed by atoms with van der Waals surface area (Å²) >= 11 is 0. The van der Waals surface area contributed by atoms with Crippen LogP contribution < -0.4 is 0 Å². The molecular weight excluding hydrogens is 492 g/mol. The highest BCUT2D eigenvalue weighted by atomic mass is 16.3. The summed E-state index contributed by atoms with van der Waals surface area (Å²) in [5.74, 6) is 0.483. The van der Waals surface area contributed by atoms with Crippen LogP contribution in [0.1, 0.15) is 0 Å². The first-order valence-corrected chi connectivity index (χ1v) is 13.2. The standard InChI is InChI=1S/C35H22N4O/c1-3-7-23(8-4-1)25-11-15-32-28(19-25)29-20-26(24-9-5-2-6-10-24)12-16-33(29)39(32)27-13-14-30(37-21-27)35-38-31-22-36-18-17-34(31)40-35/h1-22H. The number of hydrogen-bond acceptors (Lipinski definition) is 4. The second-order valence-corrected chi connectivity index (χ2v) is 9.80. The highest BCUT2D eigenvalue weighted by molar-refractivity contribution is 6.11. The van der Waals surface area contributed by atoms with E-state index in [2.05, 4.69) is 118 Å². The Morgan fingerprint density at radius 1 is 0.575 bits per heavy atom. The molecule has 0 bridgehead atoms. The van der Waals surface area contributed by atoms with Crippen LogP contribution in [0.3, 0.4) is 0 Å². The van der Waals surface area contributed by atoms with Crippen LogP contribution in [0, 0.1) is 0 Å². The Hall–Kier alpha value is -5.55. The lowest BCUT2D eigenvalue weighted by molar-refractivity contribution is 0.616. The lowest BCUT2D eigenvalue weighted by Crippen LogP contribution is -1.95. The number of benzene rings is 4. The molecule has 0 aliphatic heterocycles. The van der Waals surface area contributed by atoms with Gasteiger partial charge in [-0.3, -0.25) is 4.98 Å². The fourth-order valence-electron chi connectivity index (χ4n) is 5.46. The third-order valence-corrected chi connectivity index (χ3v) is 7.39. The molecular formula is C35H22N4O. The molecule has 0 saturated carbocycles. The predicted molar refractivity (Wildman–Crippen MR) is 160 cm³/mol. The summed E-state index contributed by atoms with van der Waals surface area (Å²) in [6.07, 6.45) is 5.28. The van der Waals surface area contributed by atoms with E-state index in [0.29, 0.717) is 22.7 Å². The van der Waals surface area contributed by atoms with Gasteiger partial charge in [0.2, 0.25) is 5.89 Å². The quantitative estimate of drug-likeness (QED) is 0.236. The summed E-state index contributed by atoms with van der Waals surface area (Å²) in [6, 6.07) is 40.3. The van der Waals surface area contributed by atoms with Gasteiger partial charge in [0, 0.05) is 23.0 Å². The molecule has 0 unspecified atom stereocenters. The Morgan fingerprint density at radius 3 is 1.80 bits per heavy atom. The Morgan fingerprint density at radius 2 is 1.23 bits per heavy atom. The monoisotopic (exact) mass is 514 g/mol. The molecule has 0 atom stereocenters. The van der Waals surface area contributed by atoms with Crippen molar-refractivity contribution in [2.75, 3.05) is 0 Å². The molecule has 0 aliphatic carbocycles. The Bertz CT molecular complexity index is 2010. The summed E-state index contributed by atoms with van der Waals surface area (Å²) in [5.41, 5.74) is 10.1. The van der Waals surface area contributed by atoms with Gasteiger partial charge in [0.15, 0.2) is 5.58 Å². The van der Waals surface area contributed by atoms with Crippen LogP contribution in [0.15, 0.2) is 138 Å². The molecule has 4 heterocycles. The molecule has 5 heteroatoms. The van der Waals surface area contributed by atoms with Gasteiger partial charge in [0.1, 0.15) is 11.2 Å². The second kappa shape index (κ2) is 9.03. The van der Waals surface area contributed by atoms with Gasteiger partial charge in [-0.2, -0.15) is 0 Å². The van der Waals surface area contributed by atoms with Gasteiger partial charge in [-0.1, -0.05) is 72.8 Å². The molecule has 4 aromatic carbocycles. The highest BCUT2D eigenvalue weighted by Crippen LogP contribution is 2.37. The molecule has 0 radical (unpaired) electrons. The maximum absolute atomic E-state index is 5.92. The van der Waals surface area contributed by atoms with E-state index in [1.165, 1.54) is 33.0 Å². The van der Waals surface area contributed by atoms with Gasteiger partial charge in [-0.25, -0.2) is 9.97 Å². The average molecular weight is 515 g/mol. The second-order valence-electron chi connectivity index (χ2n) is 9.80. The number of rotatable bonds is 4. The number of nitrogens with zero attached hydrogens (tertiary/aromatic N) is 4. The lowest BCUT2D eigenvalue weighted by Gasteiger charge is -2.09. The molecule has 8 aromatic rings. The summed E-state index contributed by atoms with van der Waals surface area (Å²) in [4.78, 5) is 13.4. The maximum atomic E-state index is 5.92. The Labute approximate surface area is 230 Å². The van der Waals surface area contributed by atoms with Crippen LogP contribution in [-0.2, 0) is 0 Å². The van der Waals surface area contributed by atoms with Crippen molar-refractivity contribution in [2.45, 2.75) is 0 Å². The zero-order valence-electron chi connectivity index (χ0n) is 21.4.